The van der Waals surface area contributed by atoms with Crippen LogP contribution in [0.3, 0.4) is 0 Å². The second-order valence-electron chi connectivity index (χ2n) is 5.32. The summed E-state index contributed by atoms with van der Waals surface area (Å²) < 4.78 is 0. The minimum atomic E-state index is -0.0256. The molecule has 3 nitrogen and oxygen atoms in total. The predicted molar refractivity (Wildman–Crippen MR) is 81.7 cm³/mol. The lowest BCUT2D eigenvalue weighted by Crippen LogP contribution is -2.38. The van der Waals surface area contributed by atoms with E-state index in [0.29, 0.717) is 17.0 Å². The fourth-order valence-corrected chi connectivity index (χ4v) is 2.60. The quantitative estimate of drug-likeness (QED) is 0.825. The van der Waals surface area contributed by atoms with Gasteiger partial charge < -0.3 is 10.0 Å². The summed E-state index contributed by atoms with van der Waals surface area (Å²) in [6, 6.07) is 2.26. The van der Waals surface area contributed by atoms with Gasteiger partial charge >= 0.3 is 0 Å². The largest absolute Gasteiger partial charge is 0.392 e. The Balaban J connectivity index is 3.09. The van der Waals surface area contributed by atoms with E-state index >= 15 is 0 Å². The standard InChI is InChI=1S/C15H25ClN2O/c1-5-13(6-2)18(9-11(3)4)15-14(16)7-12(10-19)8-17-15/h7-8,11,13,19H,5-6,9-10H2,1-4H3. The van der Waals surface area contributed by atoms with E-state index < -0.39 is 0 Å². The first-order valence-corrected chi connectivity index (χ1v) is 7.43. The Labute approximate surface area is 121 Å². The summed E-state index contributed by atoms with van der Waals surface area (Å²) in [6.07, 6.45) is 3.85. The number of pyridine rings is 1. The SMILES string of the molecule is CCC(CC)N(CC(C)C)c1ncc(CO)cc1Cl. The van der Waals surface area contributed by atoms with Gasteiger partial charge in [-0.15, -0.1) is 0 Å². The van der Waals surface area contributed by atoms with Crippen LogP contribution in [-0.2, 0) is 6.61 Å². The molecule has 1 rings (SSSR count). The summed E-state index contributed by atoms with van der Waals surface area (Å²) in [5.41, 5.74) is 0.753. The third kappa shape index (κ3) is 4.36. The van der Waals surface area contributed by atoms with Gasteiger partial charge in [-0.3, -0.25) is 0 Å². The summed E-state index contributed by atoms with van der Waals surface area (Å²) in [4.78, 5) is 6.75. The van der Waals surface area contributed by atoms with E-state index in [1.165, 1.54) is 0 Å². The molecule has 0 saturated heterocycles. The molecule has 0 aromatic carbocycles. The van der Waals surface area contributed by atoms with Crippen LogP contribution in [0.2, 0.25) is 5.02 Å². The van der Waals surface area contributed by atoms with Crippen molar-refractivity contribution in [2.75, 3.05) is 11.4 Å². The van der Waals surface area contributed by atoms with Crippen LogP contribution in [0.1, 0.15) is 46.1 Å². The molecule has 0 aliphatic carbocycles. The number of rotatable bonds is 7. The van der Waals surface area contributed by atoms with E-state index in [0.717, 1.165) is 30.8 Å². The normalized spacial score (nSPS) is 11.4. The molecule has 1 N–H and O–H groups in total. The first-order valence-electron chi connectivity index (χ1n) is 7.05. The molecule has 0 bridgehead atoms. The summed E-state index contributed by atoms with van der Waals surface area (Å²) in [7, 11) is 0. The smallest absolute Gasteiger partial charge is 0.147 e. The van der Waals surface area contributed by atoms with Gasteiger partial charge in [-0.25, -0.2) is 4.98 Å². The van der Waals surface area contributed by atoms with Crippen molar-refractivity contribution in [2.24, 2.45) is 5.92 Å². The molecule has 1 aromatic heterocycles. The number of aromatic nitrogens is 1. The van der Waals surface area contributed by atoms with E-state index in [4.69, 9.17) is 16.7 Å². The van der Waals surface area contributed by atoms with Crippen LogP contribution in [0.5, 0.6) is 0 Å². The highest BCUT2D eigenvalue weighted by Gasteiger charge is 2.20. The maximum Gasteiger partial charge on any atom is 0.147 e. The van der Waals surface area contributed by atoms with Gasteiger partial charge in [0.2, 0.25) is 0 Å². The molecule has 0 amide bonds. The molecule has 0 saturated carbocycles. The van der Waals surface area contributed by atoms with E-state index in [1.54, 1.807) is 12.3 Å². The van der Waals surface area contributed by atoms with Crippen LogP contribution in [-0.4, -0.2) is 22.7 Å². The Kier molecular flexibility index (Phi) is 6.59. The molecule has 0 aliphatic rings. The summed E-state index contributed by atoms with van der Waals surface area (Å²) >= 11 is 6.33. The van der Waals surface area contributed by atoms with Crippen molar-refractivity contribution in [1.82, 2.24) is 4.98 Å². The van der Waals surface area contributed by atoms with Crippen molar-refractivity contribution in [2.45, 2.75) is 53.2 Å². The third-order valence-electron chi connectivity index (χ3n) is 3.28. The highest BCUT2D eigenvalue weighted by molar-refractivity contribution is 6.33. The fourth-order valence-electron chi connectivity index (χ4n) is 2.30. The lowest BCUT2D eigenvalue weighted by atomic mass is 10.1. The monoisotopic (exact) mass is 284 g/mol. The molecule has 0 unspecified atom stereocenters. The zero-order valence-electron chi connectivity index (χ0n) is 12.4. The van der Waals surface area contributed by atoms with Gasteiger partial charge in [-0.1, -0.05) is 39.3 Å². The van der Waals surface area contributed by atoms with E-state index in [1.807, 2.05) is 0 Å². The lowest BCUT2D eigenvalue weighted by Gasteiger charge is -2.33. The van der Waals surface area contributed by atoms with E-state index in [-0.39, 0.29) is 6.61 Å². The molecule has 108 valence electrons. The maximum atomic E-state index is 9.13. The number of aliphatic hydroxyl groups excluding tert-OH is 1. The van der Waals surface area contributed by atoms with Gasteiger partial charge in [0.1, 0.15) is 5.82 Å². The van der Waals surface area contributed by atoms with E-state index in [2.05, 4.69) is 37.6 Å². The highest BCUT2D eigenvalue weighted by Crippen LogP contribution is 2.28. The average molecular weight is 285 g/mol. The van der Waals surface area contributed by atoms with Crippen molar-refractivity contribution < 1.29 is 5.11 Å². The predicted octanol–water partition coefficient (Wildman–Crippen LogP) is 3.88. The number of nitrogens with zero attached hydrogens (tertiary/aromatic N) is 2. The Morgan fingerprint density at radius 1 is 1.32 bits per heavy atom. The zero-order valence-corrected chi connectivity index (χ0v) is 13.1. The van der Waals surface area contributed by atoms with Gasteiger partial charge in [-0.05, 0) is 30.4 Å². The van der Waals surface area contributed by atoms with Crippen molar-refractivity contribution in [3.05, 3.63) is 22.8 Å². The van der Waals surface area contributed by atoms with Gasteiger partial charge in [0, 0.05) is 18.8 Å². The minimum absolute atomic E-state index is 0.0256. The third-order valence-corrected chi connectivity index (χ3v) is 3.56. The Morgan fingerprint density at radius 2 is 1.95 bits per heavy atom. The van der Waals surface area contributed by atoms with Crippen LogP contribution in [0.4, 0.5) is 5.82 Å². The minimum Gasteiger partial charge on any atom is -0.392 e. The van der Waals surface area contributed by atoms with Crippen molar-refractivity contribution in [3.8, 4) is 0 Å². The van der Waals surface area contributed by atoms with Crippen molar-refractivity contribution in [3.63, 3.8) is 0 Å². The Hall–Kier alpha value is -0.800. The number of hydrogen-bond acceptors (Lipinski definition) is 3. The number of anilines is 1. The zero-order chi connectivity index (χ0) is 14.4. The molecule has 0 atom stereocenters. The topological polar surface area (TPSA) is 36.4 Å². The Morgan fingerprint density at radius 3 is 2.37 bits per heavy atom. The first-order chi connectivity index (χ1) is 9.03. The van der Waals surface area contributed by atoms with Crippen LogP contribution in [0.25, 0.3) is 0 Å². The summed E-state index contributed by atoms with van der Waals surface area (Å²) in [5.74, 6) is 1.39. The molecular formula is C15H25ClN2O. The molecule has 19 heavy (non-hydrogen) atoms. The molecule has 0 radical (unpaired) electrons. The van der Waals surface area contributed by atoms with Crippen LogP contribution in [0.15, 0.2) is 12.3 Å². The lowest BCUT2D eigenvalue weighted by molar-refractivity contribution is 0.281. The number of aliphatic hydroxyl groups is 1. The first kappa shape index (κ1) is 16.3. The highest BCUT2D eigenvalue weighted by atomic mass is 35.5. The van der Waals surface area contributed by atoms with Crippen molar-refractivity contribution in [1.29, 1.82) is 0 Å². The number of halogens is 1. The molecular weight excluding hydrogens is 260 g/mol. The summed E-state index contributed by atoms with van der Waals surface area (Å²) in [6.45, 7) is 9.70. The fraction of sp³-hybridized carbons (Fsp3) is 0.667. The van der Waals surface area contributed by atoms with Crippen LogP contribution < -0.4 is 4.90 Å². The second kappa shape index (κ2) is 7.71. The van der Waals surface area contributed by atoms with E-state index in [9.17, 15) is 0 Å². The molecule has 0 fully saturated rings. The van der Waals surface area contributed by atoms with Gasteiger partial charge in [-0.2, -0.15) is 0 Å². The molecule has 1 heterocycles. The molecule has 1 aromatic rings. The number of hydrogen-bond donors (Lipinski definition) is 1. The Bertz CT molecular complexity index is 392. The molecule has 0 spiro atoms. The van der Waals surface area contributed by atoms with Crippen molar-refractivity contribution >= 4 is 17.4 Å². The molecule has 4 heteroatoms. The van der Waals surface area contributed by atoms with Gasteiger partial charge in [0.05, 0.1) is 11.6 Å². The average Bonchev–Trinajstić information content (AvgIpc) is 2.38. The maximum absolute atomic E-state index is 9.13. The van der Waals surface area contributed by atoms with Gasteiger partial charge in [0.15, 0.2) is 0 Å². The second-order valence-corrected chi connectivity index (χ2v) is 5.73. The van der Waals surface area contributed by atoms with Crippen LogP contribution in [0, 0.1) is 5.92 Å². The summed E-state index contributed by atoms with van der Waals surface area (Å²) in [5, 5.41) is 9.75. The van der Waals surface area contributed by atoms with Gasteiger partial charge in [0.25, 0.3) is 0 Å². The van der Waals surface area contributed by atoms with Crippen LogP contribution >= 0.6 is 11.6 Å². The molecule has 0 aliphatic heterocycles.